The van der Waals surface area contributed by atoms with Crippen LogP contribution in [0.1, 0.15) is 27.9 Å². The zero-order valence-corrected chi connectivity index (χ0v) is 14.5. The lowest BCUT2D eigenvalue weighted by Gasteiger charge is -2.10. The minimum absolute atomic E-state index is 0.0519. The molecule has 0 saturated carbocycles. The predicted molar refractivity (Wildman–Crippen MR) is 84.8 cm³/mol. The Bertz CT molecular complexity index is 671. The van der Waals surface area contributed by atoms with Crippen molar-refractivity contribution in [3.05, 3.63) is 28.8 Å². The molecule has 1 unspecified atom stereocenters. The summed E-state index contributed by atoms with van der Waals surface area (Å²) in [5, 5.41) is 2.67. The maximum atomic E-state index is 12.0. The quantitative estimate of drug-likeness (QED) is 0.625. The molecule has 0 heterocycles. The molecule has 0 spiro atoms. The maximum absolute atomic E-state index is 12.0. The lowest BCUT2D eigenvalue weighted by molar-refractivity contribution is 0.0953. The van der Waals surface area contributed by atoms with E-state index in [9.17, 15) is 17.4 Å². The van der Waals surface area contributed by atoms with Gasteiger partial charge in [0.1, 0.15) is 0 Å². The van der Waals surface area contributed by atoms with Crippen molar-refractivity contribution in [1.29, 1.82) is 0 Å². The van der Waals surface area contributed by atoms with Crippen LogP contribution in [0.15, 0.2) is 17.0 Å². The number of nitrogens with one attached hydrogen (secondary N) is 1. The van der Waals surface area contributed by atoms with Crippen molar-refractivity contribution in [2.75, 3.05) is 18.6 Å². The van der Waals surface area contributed by atoms with Crippen molar-refractivity contribution in [1.82, 2.24) is 5.32 Å². The first-order chi connectivity index (χ1) is 9.62. The number of hydrogen-bond acceptors (Lipinski definition) is 4. The van der Waals surface area contributed by atoms with E-state index < -0.39 is 19.9 Å². The van der Waals surface area contributed by atoms with Gasteiger partial charge in [-0.15, -0.1) is 0 Å². The van der Waals surface area contributed by atoms with Gasteiger partial charge in [0.15, 0.2) is 0 Å². The summed E-state index contributed by atoms with van der Waals surface area (Å²) in [6, 6.07) is 2.90. The fraction of sp³-hybridized carbons (Fsp3) is 0.462. The molecule has 1 atom stereocenters. The van der Waals surface area contributed by atoms with Gasteiger partial charge in [0.2, 0.25) is 0 Å². The van der Waals surface area contributed by atoms with Gasteiger partial charge in [0, 0.05) is 45.6 Å². The van der Waals surface area contributed by atoms with Gasteiger partial charge in [-0.25, -0.2) is 8.42 Å². The molecular weight excluding hydrogens is 334 g/mol. The van der Waals surface area contributed by atoms with E-state index in [0.717, 1.165) is 0 Å². The fourth-order valence-corrected chi connectivity index (χ4v) is 3.62. The molecule has 0 aliphatic rings. The molecular formula is C13H18ClNO4S2. The third-order valence-electron chi connectivity index (χ3n) is 3.04. The molecule has 0 aliphatic carbocycles. The van der Waals surface area contributed by atoms with Crippen LogP contribution < -0.4 is 5.32 Å². The summed E-state index contributed by atoms with van der Waals surface area (Å²) in [5.41, 5.74) is 1.45. The Morgan fingerprint density at radius 2 is 1.95 bits per heavy atom. The highest BCUT2D eigenvalue weighted by Crippen LogP contribution is 2.24. The Labute approximate surface area is 132 Å². The Morgan fingerprint density at radius 1 is 1.33 bits per heavy atom. The SMILES string of the molecule is Cc1cc(C(=O)NCCCS(C)=O)cc(S(=O)(=O)Cl)c1C. The van der Waals surface area contributed by atoms with Gasteiger partial charge in [-0.1, -0.05) is 0 Å². The molecule has 1 aromatic rings. The second kappa shape index (κ2) is 7.38. The van der Waals surface area contributed by atoms with Crippen LogP contribution in [0.2, 0.25) is 0 Å². The van der Waals surface area contributed by atoms with E-state index in [0.29, 0.717) is 29.8 Å². The van der Waals surface area contributed by atoms with Crippen LogP contribution in [0.4, 0.5) is 0 Å². The second-order valence-corrected chi connectivity index (χ2v) is 8.83. The van der Waals surface area contributed by atoms with Crippen LogP contribution in [0.3, 0.4) is 0 Å². The van der Waals surface area contributed by atoms with E-state index in [1.807, 2.05) is 0 Å². The number of rotatable bonds is 6. The molecule has 118 valence electrons. The van der Waals surface area contributed by atoms with Crippen LogP contribution in [-0.2, 0) is 19.9 Å². The Hall–Kier alpha value is -0.920. The Kier molecular flexibility index (Phi) is 6.37. The summed E-state index contributed by atoms with van der Waals surface area (Å²) in [5.74, 6) is 0.135. The zero-order valence-electron chi connectivity index (χ0n) is 12.1. The molecule has 8 heteroatoms. The highest BCUT2D eigenvalue weighted by Gasteiger charge is 2.18. The van der Waals surface area contributed by atoms with Crippen LogP contribution in [0.25, 0.3) is 0 Å². The lowest BCUT2D eigenvalue weighted by Crippen LogP contribution is -2.25. The standard InChI is InChI=1S/C13H18ClNO4S2/c1-9-7-11(8-12(10(9)2)21(14,18)19)13(16)15-5-4-6-20(3)17/h7-8H,4-6H2,1-3H3,(H,15,16). The van der Waals surface area contributed by atoms with Gasteiger partial charge in [0.25, 0.3) is 15.0 Å². The van der Waals surface area contributed by atoms with Crippen LogP contribution in [0.5, 0.6) is 0 Å². The smallest absolute Gasteiger partial charge is 0.261 e. The molecule has 1 aromatic carbocycles. The van der Waals surface area contributed by atoms with E-state index >= 15 is 0 Å². The third-order valence-corrected chi connectivity index (χ3v) is 5.35. The van der Waals surface area contributed by atoms with Crippen LogP contribution in [-0.4, -0.2) is 37.1 Å². The fourth-order valence-electron chi connectivity index (χ4n) is 1.79. The number of amides is 1. The lowest BCUT2D eigenvalue weighted by atomic mass is 10.1. The van der Waals surface area contributed by atoms with Crippen LogP contribution >= 0.6 is 10.7 Å². The number of benzene rings is 1. The molecule has 0 aliphatic heterocycles. The third kappa shape index (κ3) is 5.41. The first-order valence-electron chi connectivity index (χ1n) is 6.27. The number of carbonyl (C=O) groups is 1. The van der Waals surface area contributed by atoms with Gasteiger partial charge in [-0.2, -0.15) is 0 Å². The van der Waals surface area contributed by atoms with Crippen molar-refractivity contribution in [2.24, 2.45) is 0 Å². The highest BCUT2D eigenvalue weighted by molar-refractivity contribution is 8.13. The molecule has 1 amide bonds. The number of hydrogen-bond donors (Lipinski definition) is 1. The predicted octanol–water partition coefficient (Wildman–Crippen LogP) is 1.73. The minimum atomic E-state index is -3.90. The number of aryl methyl sites for hydroxylation is 1. The topological polar surface area (TPSA) is 80.3 Å². The molecule has 5 nitrogen and oxygen atoms in total. The van der Waals surface area contributed by atoms with Crippen molar-refractivity contribution >= 4 is 36.4 Å². The summed E-state index contributed by atoms with van der Waals surface area (Å²) < 4.78 is 33.9. The summed E-state index contributed by atoms with van der Waals surface area (Å²) >= 11 is 0. The molecule has 0 radical (unpaired) electrons. The summed E-state index contributed by atoms with van der Waals surface area (Å²) in [4.78, 5) is 12.0. The molecule has 0 bridgehead atoms. The number of halogens is 1. The van der Waals surface area contributed by atoms with Crippen molar-refractivity contribution in [3.8, 4) is 0 Å². The largest absolute Gasteiger partial charge is 0.352 e. The van der Waals surface area contributed by atoms with E-state index in [2.05, 4.69) is 5.32 Å². The summed E-state index contributed by atoms with van der Waals surface area (Å²) in [6.07, 6.45) is 2.20. The normalized spacial score (nSPS) is 13.0. The van der Waals surface area contributed by atoms with Gasteiger partial charge < -0.3 is 5.32 Å². The van der Waals surface area contributed by atoms with Gasteiger partial charge in [-0.3, -0.25) is 9.00 Å². The minimum Gasteiger partial charge on any atom is -0.352 e. The van der Waals surface area contributed by atoms with Crippen molar-refractivity contribution in [3.63, 3.8) is 0 Å². The van der Waals surface area contributed by atoms with E-state index in [1.54, 1.807) is 26.2 Å². The molecule has 0 saturated heterocycles. The Morgan fingerprint density at radius 3 is 2.48 bits per heavy atom. The van der Waals surface area contributed by atoms with Crippen molar-refractivity contribution in [2.45, 2.75) is 25.2 Å². The summed E-state index contributed by atoms with van der Waals surface area (Å²) in [7, 11) is 0.589. The van der Waals surface area contributed by atoms with E-state index in [4.69, 9.17) is 10.7 Å². The molecule has 1 rings (SSSR count). The van der Waals surface area contributed by atoms with Gasteiger partial charge in [0.05, 0.1) is 4.90 Å². The van der Waals surface area contributed by atoms with Crippen molar-refractivity contribution < 1.29 is 17.4 Å². The van der Waals surface area contributed by atoms with Gasteiger partial charge >= 0.3 is 0 Å². The van der Waals surface area contributed by atoms with E-state index in [-0.39, 0.29) is 16.4 Å². The maximum Gasteiger partial charge on any atom is 0.261 e. The van der Waals surface area contributed by atoms with E-state index in [1.165, 1.54) is 6.07 Å². The molecule has 0 aromatic heterocycles. The average Bonchev–Trinajstić information content (AvgIpc) is 2.35. The average molecular weight is 352 g/mol. The van der Waals surface area contributed by atoms with Gasteiger partial charge in [-0.05, 0) is 43.5 Å². The second-order valence-electron chi connectivity index (χ2n) is 4.74. The first-order valence-corrected chi connectivity index (χ1v) is 10.3. The zero-order chi connectivity index (χ0) is 16.2. The summed E-state index contributed by atoms with van der Waals surface area (Å²) in [6.45, 7) is 3.75. The van der Waals surface area contributed by atoms with Crippen LogP contribution in [0, 0.1) is 13.8 Å². The first kappa shape index (κ1) is 18.1. The number of carbonyl (C=O) groups excluding carboxylic acids is 1. The highest BCUT2D eigenvalue weighted by atomic mass is 35.7. The molecule has 0 fully saturated rings. The molecule has 21 heavy (non-hydrogen) atoms. The molecule has 1 N–H and O–H groups in total. The Balaban J connectivity index is 2.91. The monoisotopic (exact) mass is 351 g/mol.